The number of carbonyl (C=O) groups is 2. The highest BCUT2D eigenvalue weighted by atomic mass is 79.9. The Morgan fingerprint density at radius 2 is 1.63 bits per heavy atom. The second-order valence-corrected chi connectivity index (χ2v) is 9.29. The van der Waals surface area contributed by atoms with E-state index in [1.807, 2.05) is 0 Å². The van der Waals surface area contributed by atoms with Crippen LogP contribution in [-0.2, 0) is 16.6 Å². The third-order valence-electron chi connectivity index (χ3n) is 5.65. The molecule has 0 fully saturated rings. The van der Waals surface area contributed by atoms with Gasteiger partial charge in [-0.2, -0.15) is 0 Å². The predicted molar refractivity (Wildman–Crippen MR) is 142 cm³/mol. The first-order valence-electron chi connectivity index (χ1n) is 10.9. The molecule has 1 heterocycles. The zero-order chi connectivity index (χ0) is 25.1. The number of halogens is 2. The van der Waals surface area contributed by atoms with Crippen LogP contribution in [0.15, 0.2) is 82.1 Å². The number of aromatic nitrogens is 1. The summed E-state index contributed by atoms with van der Waals surface area (Å²) in [6.07, 6.45) is -0.794. The third-order valence-corrected chi connectivity index (χ3v) is 6.43. The number of rotatable bonds is 6. The van der Waals surface area contributed by atoms with Gasteiger partial charge in [-0.3, -0.25) is 9.59 Å². The molecule has 8 heteroatoms. The number of anilines is 1. The van der Waals surface area contributed by atoms with Crippen LogP contribution in [0.25, 0.3) is 21.9 Å². The summed E-state index contributed by atoms with van der Waals surface area (Å²) in [4.78, 5) is 39.5. The highest BCUT2D eigenvalue weighted by Crippen LogP contribution is 2.32. The van der Waals surface area contributed by atoms with Crippen LogP contribution < -0.4 is 10.9 Å². The second-order valence-electron chi connectivity index (χ2n) is 7.94. The minimum atomic E-state index is -1.05. The van der Waals surface area contributed by atoms with Crippen molar-refractivity contribution < 1.29 is 14.3 Å². The van der Waals surface area contributed by atoms with Gasteiger partial charge in [0.2, 0.25) is 0 Å². The quantitative estimate of drug-likeness (QED) is 0.289. The highest BCUT2D eigenvalue weighted by Gasteiger charge is 2.27. The van der Waals surface area contributed by atoms with Crippen LogP contribution >= 0.6 is 27.5 Å². The van der Waals surface area contributed by atoms with Gasteiger partial charge in [0.1, 0.15) is 5.69 Å². The number of amides is 1. The molecule has 1 N–H and O–H groups in total. The van der Waals surface area contributed by atoms with Crippen LogP contribution in [0.1, 0.15) is 23.8 Å². The summed E-state index contributed by atoms with van der Waals surface area (Å²) in [5.74, 6) is -1.22. The molecule has 6 nitrogen and oxygen atoms in total. The molecule has 0 saturated carbocycles. The minimum absolute atomic E-state index is 0.0610. The fourth-order valence-corrected chi connectivity index (χ4v) is 4.27. The summed E-state index contributed by atoms with van der Waals surface area (Å²) in [6.45, 7) is 1.75. The Hall–Kier alpha value is -3.42. The number of ether oxygens (including phenoxy) is 1. The van der Waals surface area contributed by atoms with Crippen molar-refractivity contribution in [2.24, 2.45) is 7.05 Å². The van der Waals surface area contributed by atoms with E-state index in [2.05, 4.69) is 21.2 Å². The number of hydrogen-bond donors (Lipinski definition) is 1. The molecule has 3 aromatic carbocycles. The molecular formula is C27H22BrClN2O4. The van der Waals surface area contributed by atoms with Gasteiger partial charge in [0.15, 0.2) is 6.10 Å². The SMILES string of the molecule is CCC(OC(=O)c1c(-c2ccc(Cl)cc2)c2ccccc2c(=O)n1C)C(=O)Nc1ccc(Br)cc1. The fourth-order valence-electron chi connectivity index (χ4n) is 3.88. The van der Waals surface area contributed by atoms with Crippen molar-refractivity contribution >= 4 is 55.9 Å². The van der Waals surface area contributed by atoms with Crippen LogP contribution in [0.4, 0.5) is 5.69 Å². The largest absolute Gasteiger partial charge is 0.448 e. The molecular weight excluding hydrogens is 532 g/mol. The summed E-state index contributed by atoms with van der Waals surface area (Å²) in [6, 6.07) is 21.1. The van der Waals surface area contributed by atoms with E-state index < -0.39 is 18.0 Å². The number of nitrogens with one attached hydrogen (secondary N) is 1. The van der Waals surface area contributed by atoms with Crippen molar-refractivity contribution in [2.75, 3.05) is 5.32 Å². The Balaban J connectivity index is 1.75. The van der Waals surface area contributed by atoms with Crippen LogP contribution in [0.2, 0.25) is 5.02 Å². The molecule has 4 aromatic rings. The van der Waals surface area contributed by atoms with E-state index in [9.17, 15) is 14.4 Å². The van der Waals surface area contributed by atoms with Gasteiger partial charge in [-0.05, 0) is 59.8 Å². The molecule has 1 unspecified atom stereocenters. The van der Waals surface area contributed by atoms with Crippen molar-refractivity contribution in [3.8, 4) is 11.1 Å². The van der Waals surface area contributed by atoms with E-state index in [0.717, 1.165) is 4.47 Å². The second kappa shape index (κ2) is 10.5. The Bertz CT molecular complexity index is 1460. The molecule has 0 bridgehead atoms. The summed E-state index contributed by atoms with van der Waals surface area (Å²) in [7, 11) is 1.52. The van der Waals surface area contributed by atoms with Crippen molar-refractivity contribution in [3.63, 3.8) is 0 Å². The molecule has 0 spiro atoms. The van der Waals surface area contributed by atoms with Gasteiger partial charge < -0.3 is 14.6 Å². The van der Waals surface area contributed by atoms with Gasteiger partial charge in [0.05, 0.1) is 0 Å². The molecule has 178 valence electrons. The minimum Gasteiger partial charge on any atom is -0.448 e. The fraction of sp³-hybridized carbons (Fsp3) is 0.148. The number of hydrogen-bond acceptors (Lipinski definition) is 4. The topological polar surface area (TPSA) is 77.4 Å². The van der Waals surface area contributed by atoms with Crippen LogP contribution in [-0.4, -0.2) is 22.5 Å². The van der Waals surface area contributed by atoms with Crippen LogP contribution in [0.5, 0.6) is 0 Å². The lowest BCUT2D eigenvalue weighted by atomic mass is 9.96. The smallest absolute Gasteiger partial charge is 0.356 e. The maximum atomic E-state index is 13.5. The van der Waals surface area contributed by atoms with Crippen LogP contribution in [0.3, 0.4) is 0 Å². The summed E-state index contributed by atoms with van der Waals surface area (Å²) < 4.78 is 7.82. The van der Waals surface area contributed by atoms with E-state index in [-0.39, 0.29) is 17.7 Å². The molecule has 0 aliphatic carbocycles. The third kappa shape index (κ3) is 5.16. The van der Waals surface area contributed by atoms with Gasteiger partial charge in [0.25, 0.3) is 11.5 Å². The van der Waals surface area contributed by atoms with Gasteiger partial charge in [0, 0.05) is 33.2 Å². The number of esters is 1. The Morgan fingerprint density at radius 3 is 2.26 bits per heavy atom. The molecule has 4 rings (SSSR count). The van der Waals surface area contributed by atoms with E-state index in [1.54, 1.807) is 79.7 Å². The Labute approximate surface area is 215 Å². The lowest BCUT2D eigenvalue weighted by Crippen LogP contribution is -2.34. The van der Waals surface area contributed by atoms with Gasteiger partial charge in [-0.15, -0.1) is 0 Å². The predicted octanol–water partition coefficient (Wildman–Crippen LogP) is 6.20. The van der Waals surface area contributed by atoms with Crippen LogP contribution in [0, 0.1) is 0 Å². The van der Waals surface area contributed by atoms with Crippen molar-refractivity contribution in [1.29, 1.82) is 0 Å². The van der Waals surface area contributed by atoms with E-state index in [4.69, 9.17) is 16.3 Å². The number of carbonyl (C=O) groups excluding carboxylic acids is 2. The lowest BCUT2D eigenvalue weighted by molar-refractivity contribution is -0.124. The zero-order valence-electron chi connectivity index (χ0n) is 19.0. The first-order valence-corrected chi connectivity index (χ1v) is 12.1. The van der Waals surface area contributed by atoms with Crippen molar-refractivity contribution in [1.82, 2.24) is 4.57 Å². The first-order chi connectivity index (χ1) is 16.8. The molecule has 0 aliphatic heterocycles. The number of nitrogens with zero attached hydrogens (tertiary/aromatic N) is 1. The average molecular weight is 554 g/mol. The molecule has 1 amide bonds. The zero-order valence-corrected chi connectivity index (χ0v) is 21.4. The van der Waals surface area contributed by atoms with Gasteiger partial charge in [-0.25, -0.2) is 4.79 Å². The van der Waals surface area contributed by atoms with E-state index in [1.165, 1.54) is 11.6 Å². The number of pyridine rings is 1. The Kier molecular flexibility index (Phi) is 7.38. The van der Waals surface area contributed by atoms with Crippen molar-refractivity contribution in [3.05, 3.63) is 98.3 Å². The first kappa shape index (κ1) is 24.7. The molecule has 1 aromatic heterocycles. The number of benzene rings is 3. The van der Waals surface area contributed by atoms with E-state index >= 15 is 0 Å². The molecule has 35 heavy (non-hydrogen) atoms. The molecule has 0 saturated heterocycles. The molecule has 1 atom stereocenters. The monoisotopic (exact) mass is 552 g/mol. The molecule has 0 radical (unpaired) electrons. The lowest BCUT2D eigenvalue weighted by Gasteiger charge is -2.20. The van der Waals surface area contributed by atoms with Gasteiger partial charge in [-0.1, -0.05) is 64.8 Å². The molecule has 0 aliphatic rings. The average Bonchev–Trinajstić information content (AvgIpc) is 2.86. The Morgan fingerprint density at radius 1 is 1.00 bits per heavy atom. The summed E-state index contributed by atoms with van der Waals surface area (Å²) in [5, 5.41) is 4.39. The standard InChI is InChI=1S/C27H22BrClN2O4/c1-3-22(25(32)30-19-14-10-17(28)11-15-19)35-27(34)24-23(16-8-12-18(29)13-9-16)20-6-4-5-7-21(20)26(33)31(24)2/h4-15,22H,3H2,1-2H3,(H,30,32). The highest BCUT2D eigenvalue weighted by molar-refractivity contribution is 9.10. The van der Waals surface area contributed by atoms with Crippen molar-refractivity contribution in [2.45, 2.75) is 19.4 Å². The maximum Gasteiger partial charge on any atom is 0.356 e. The maximum absolute atomic E-state index is 13.5. The van der Waals surface area contributed by atoms with E-state index in [0.29, 0.717) is 32.6 Å². The van der Waals surface area contributed by atoms with Gasteiger partial charge >= 0.3 is 5.97 Å². The summed E-state index contributed by atoms with van der Waals surface area (Å²) >= 11 is 9.44. The normalized spacial score (nSPS) is 11.8. The number of fused-ring (bicyclic) bond motifs is 1. The summed E-state index contributed by atoms with van der Waals surface area (Å²) in [5.41, 5.74) is 1.53.